The first-order chi connectivity index (χ1) is 9.52. The van der Waals surface area contributed by atoms with Crippen LogP contribution < -0.4 is 10.5 Å². The third-order valence-corrected chi connectivity index (χ3v) is 3.56. The summed E-state index contributed by atoms with van der Waals surface area (Å²) in [5, 5.41) is 2.33. The van der Waals surface area contributed by atoms with E-state index in [0.29, 0.717) is 10.6 Å². The Hall–Kier alpha value is -2.01. The number of benzene rings is 1. The lowest BCUT2D eigenvalue weighted by atomic mass is 10.0. The van der Waals surface area contributed by atoms with E-state index in [1.807, 2.05) is 43.5 Å². The Morgan fingerprint density at radius 2 is 1.90 bits per heavy atom. The van der Waals surface area contributed by atoms with Gasteiger partial charge in [-0.05, 0) is 31.5 Å². The number of methoxy groups -OCH3 is 1. The van der Waals surface area contributed by atoms with Gasteiger partial charge in [-0.2, -0.15) is 0 Å². The van der Waals surface area contributed by atoms with Gasteiger partial charge in [-0.15, -0.1) is 11.3 Å². The quantitative estimate of drug-likeness (QED) is 0.875. The van der Waals surface area contributed by atoms with Gasteiger partial charge in [-0.25, -0.2) is 4.79 Å². The molecule has 0 aliphatic carbocycles. The molecule has 20 heavy (non-hydrogen) atoms. The summed E-state index contributed by atoms with van der Waals surface area (Å²) in [7, 11) is 1.35. The second-order valence-electron chi connectivity index (χ2n) is 4.57. The first kappa shape index (κ1) is 14.4. The number of hydrogen-bond acceptors (Lipinski definition) is 5. The number of anilines is 1. The van der Waals surface area contributed by atoms with Crippen LogP contribution in [0.15, 0.2) is 29.6 Å². The predicted octanol–water partition coefficient (Wildman–Crippen LogP) is 3.57. The lowest BCUT2D eigenvalue weighted by Gasteiger charge is -2.10. The molecule has 4 nitrogen and oxygen atoms in total. The molecule has 1 heterocycles. The van der Waals surface area contributed by atoms with Crippen LogP contribution in [0, 0.1) is 0 Å². The van der Waals surface area contributed by atoms with Crippen molar-refractivity contribution < 1.29 is 14.3 Å². The van der Waals surface area contributed by atoms with Gasteiger partial charge in [0.15, 0.2) is 0 Å². The van der Waals surface area contributed by atoms with Crippen LogP contribution in [0.1, 0.15) is 24.2 Å². The standard InChI is InChI=1S/C15H17NO3S/c1-9(2)19-11-6-4-10(5-7-11)12-8-20-14(16)13(12)15(17)18-3/h4-9H,16H2,1-3H3. The third-order valence-electron chi connectivity index (χ3n) is 2.75. The van der Waals surface area contributed by atoms with Crippen molar-refractivity contribution >= 4 is 22.3 Å². The molecule has 0 bridgehead atoms. The van der Waals surface area contributed by atoms with Crippen molar-refractivity contribution in [1.29, 1.82) is 0 Å². The van der Waals surface area contributed by atoms with Crippen molar-refractivity contribution in [3.63, 3.8) is 0 Å². The Morgan fingerprint density at radius 3 is 2.45 bits per heavy atom. The van der Waals surface area contributed by atoms with Gasteiger partial charge in [0.05, 0.1) is 13.2 Å². The van der Waals surface area contributed by atoms with Crippen LogP contribution in [-0.2, 0) is 4.74 Å². The Morgan fingerprint density at radius 1 is 1.25 bits per heavy atom. The molecule has 0 saturated carbocycles. The van der Waals surface area contributed by atoms with Gasteiger partial charge in [-0.3, -0.25) is 0 Å². The first-order valence-corrected chi connectivity index (χ1v) is 7.13. The number of hydrogen-bond donors (Lipinski definition) is 1. The fourth-order valence-corrected chi connectivity index (χ4v) is 2.69. The molecule has 106 valence electrons. The van der Waals surface area contributed by atoms with Gasteiger partial charge in [-0.1, -0.05) is 12.1 Å². The summed E-state index contributed by atoms with van der Waals surface area (Å²) in [6.07, 6.45) is 0.128. The minimum absolute atomic E-state index is 0.128. The number of nitrogens with two attached hydrogens (primary N) is 1. The number of rotatable bonds is 4. The molecule has 0 fully saturated rings. The average Bonchev–Trinajstić information content (AvgIpc) is 2.80. The molecular formula is C15H17NO3S. The monoisotopic (exact) mass is 291 g/mol. The summed E-state index contributed by atoms with van der Waals surface area (Å²) in [5.74, 6) is 0.382. The maximum atomic E-state index is 11.8. The highest BCUT2D eigenvalue weighted by Gasteiger charge is 2.19. The molecule has 0 aliphatic heterocycles. The zero-order valence-corrected chi connectivity index (χ0v) is 12.5. The number of thiophene rings is 1. The van der Waals surface area contributed by atoms with Crippen LogP contribution in [-0.4, -0.2) is 19.2 Å². The molecule has 5 heteroatoms. The number of ether oxygens (including phenoxy) is 2. The minimum atomic E-state index is -0.416. The van der Waals surface area contributed by atoms with Crippen LogP contribution in [0.3, 0.4) is 0 Å². The van der Waals surface area contributed by atoms with E-state index >= 15 is 0 Å². The van der Waals surface area contributed by atoms with Gasteiger partial charge in [0.2, 0.25) is 0 Å². The van der Waals surface area contributed by atoms with Crippen molar-refractivity contribution in [2.75, 3.05) is 12.8 Å². The molecule has 2 rings (SSSR count). The topological polar surface area (TPSA) is 61.5 Å². The fourth-order valence-electron chi connectivity index (χ4n) is 1.88. The Balaban J connectivity index is 2.35. The van der Waals surface area contributed by atoms with E-state index in [2.05, 4.69) is 0 Å². The van der Waals surface area contributed by atoms with Crippen LogP contribution in [0.2, 0.25) is 0 Å². The lowest BCUT2D eigenvalue weighted by molar-refractivity contribution is 0.0603. The van der Waals surface area contributed by atoms with E-state index in [9.17, 15) is 4.79 Å². The Labute approximate surface area is 122 Å². The van der Waals surface area contributed by atoms with Gasteiger partial charge in [0, 0.05) is 10.9 Å². The van der Waals surface area contributed by atoms with Crippen molar-refractivity contribution in [2.45, 2.75) is 20.0 Å². The normalized spacial score (nSPS) is 10.6. The maximum absolute atomic E-state index is 11.8. The molecule has 1 aromatic carbocycles. The zero-order chi connectivity index (χ0) is 14.7. The number of nitrogen functional groups attached to an aromatic ring is 1. The van der Waals surface area contributed by atoms with Crippen LogP contribution in [0.5, 0.6) is 5.75 Å². The van der Waals surface area contributed by atoms with Crippen LogP contribution in [0.25, 0.3) is 11.1 Å². The van der Waals surface area contributed by atoms with Crippen molar-refractivity contribution in [3.05, 3.63) is 35.2 Å². The molecule has 0 radical (unpaired) electrons. The molecule has 2 N–H and O–H groups in total. The molecule has 0 unspecified atom stereocenters. The van der Waals surface area contributed by atoms with Crippen LogP contribution >= 0.6 is 11.3 Å². The Kier molecular flexibility index (Phi) is 4.29. The lowest BCUT2D eigenvalue weighted by Crippen LogP contribution is -2.05. The molecule has 0 spiro atoms. The maximum Gasteiger partial charge on any atom is 0.341 e. The van der Waals surface area contributed by atoms with E-state index in [1.165, 1.54) is 18.4 Å². The molecule has 0 atom stereocenters. The fraction of sp³-hybridized carbons (Fsp3) is 0.267. The van der Waals surface area contributed by atoms with Crippen molar-refractivity contribution in [1.82, 2.24) is 0 Å². The van der Waals surface area contributed by atoms with Crippen molar-refractivity contribution in [3.8, 4) is 16.9 Å². The number of carbonyl (C=O) groups is 1. The third kappa shape index (κ3) is 2.93. The molecule has 0 saturated heterocycles. The predicted molar refractivity (Wildman–Crippen MR) is 81.3 cm³/mol. The smallest absolute Gasteiger partial charge is 0.341 e. The van der Waals surface area contributed by atoms with E-state index in [0.717, 1.165) is 16.9 Å². The van der Waals surface area contributed by atoms with E-state index in [1.54, 1.807) is 0 Å². The molecule has 0 amide bonds. The number of esters is 1. The molecule has 2 aromatic rings. The van der Waals surface area contributed by atoms with Crippen molar-refractivity contribution in [2.24, 2.45) is 0 Å². The van der Waals surface area contributed by atoms with E-state index in [4.69, 9.17) is 15.2 Å². The summed E-state index contributed by atoms with van der Waals surface area (Å²) in [6, 6.07) is 7.58. The first-order valence-electron chi connectivity index (χ1n) is 6.25. The molecule has 0 aliphatic rings. The molecule has 1 aromatic heterocycles. The summed E-state index contributed by atoms with van der Waals surface area (Å²) < 4.78 is 10.4. The highest BCUT2D eigenvalue weighted by Crippen LogP contribution is 2.34. The zero-order valence-electron chi connectivity index (χ0n) is 11.7. The minimum Gasteiger partial charge on any atom is -0.491 e. The van der Waals surface area contributed by atoms with Gasteiger partial charge in [0.25, 0.3) is 0 Å². The summed E-state index contributed by atoms with van der Waals surface area (Å²) in [5.41, 5.74) is 7.97. The second-order valence-corrected chi connectivity index (χ2v) is 5.48. The SMILES string of the molecule is COC(=O)c1c(-c2ccc(OC(C)C)cc2)csc1N. The van der Waals surface area contributed by atoms with Gasteiger partial charge in [0.1, 0.15) is 16.3 Å². The summed E-state index contributed by atoms with van der Waals surface area (Å²) in [6.45, 7) is 3.95. The largest absolute Gasteiger partial charge is 0.491 e. The summed E-state index contributed by atoms with van der Waals surface area (Å²) in [4.78, 5) is 11.8. The summed E-state index contributed by atoms with van der Waals surface area (Å²) >= 11 is 1.33. The van der Waals surface area contributed by atoms with Crippen LogP contribution in [0.4, 0.5) is 5.00 Å². The van der Waals surface area contributed by atoms with E-state index < -0.39 is 5.97 Å². The highest BCUT2D eigenvalue weighted by atomic mass is 32.1. The average molecular weight is 291 g/mol. The number of carbonyl (C=O) groups excluding carboxylic acids is 1. The molecular weight excluding hydrogens is 274 g/mol. The second kappa shape index (κ2) is 5.96. The van der Waals surface area contributed by atoms with E-state index in [-0.39, 0.29) is 6.10 Å². The van der Waals surface area contributed by atoms with Gasteiger partial charge >= 0.3 is 5.97 Å². The highest BCUT2D eigenvalue weighted by molar-refractivity contribution is 7.14. The Bertz CT molecular complexity index is 602. The van der Waals surface area contributed by atoms with Gasteiger partial charge < -0.3 is 15.2 Å².